The Morgan fingerprint density at radius 2 is 2.26 bits per heavy atom. The van der Waals surface area contributed by atoms with Gasteiger partial charge < -0.3 is 10.5 Å². The zero-order valence-corrected chi connectivity index (χ0v) is 11.7. The molecule has 1 heterocycles. The average molecular weight is 274 g/mol. The van der Waals surface area contributed by atoms with Crippen LogP contribution in [-0.4, -0.2) is 18.1 Å². The number of thiazole rings is 1. The number of benzene rings is 1. The van der Waals surface area contributed by atoms with Gasteiger partial charge in [-0.25, -0.2) is 4.98 Å². The zero-order valence-electron chi connectivity index (χ0n) is 10.9. The Morgan fingerprint density at radius 3 is 3.11 bits per heavy atom. The molecule has 1 aliphatic rings. The molecule has 100 valence electrons. The number of aromatic nitrogens is 1. The lowest BCUT2D eigenvalue weighted by atomic mass is 10.2. The van der Waals surface area contributed by atoms with Gasteiger partial charge in [0, 0.05) is 10.4 Å². The highest BCUT2D eigenvalue weighted by Crippen LogP contribution is 2.34. The van der Waals surface area contributed by atoms with E-state index in [0.717, 1.165) is 29.2 Å². The van der Waals surface area contributed by atoms with Crippen LogP contribution in [0.5, 0.6) is 5.75 Å². The Balaban J connectivity index is 1.78. The van der Waals surface area contributed by atoms with Gasteiger partial charge in [-0.1, -0.05) is 12.1 Å². The third kappa shape index (κ3) is 2.80. The summed E-state index contributed by atoms with van der Waals surface area (Å²) in [5, 5.41) is 1.12. The van der Waals surface area contributed by atoms with Crippen LogP contribution in [0.2, 0.25) is 0 Å². The van der Waals surface area contributed by atoms with E-state index in [4.69, 9.17) is 15.5 Å². The van der Waals surface area contributed by atoms with Gasteiger partial charge in [0.25, 0.3) is 0 Å². The molecule has 3 rings (SSSR count). The molecule has 0 unspecified atom stereocenters. The van der Waals surface area contributed by atoms with Gasteiger partial charge in [-0.3, -0.25) is 0 Å². The first-order chi connectivity index (χ1) is 9.36. The molecule has 4 heteroatoms. The van der Waals surface area contributed by atoms with Crippen molar-refractivity contribution in [2.75, 3.05) is 13.2 Å². The van der Waals surface area contributed by atoms with Crippen molar-refractivity contribution in [1.29, 1.82) is 0 Å². The molecule has 2 N–H and O–H groups in total. The molecule has 19 heavy (non-hydrogen) atoms. The number of fused-ring (bicyclic) bond motifs is 1. The van der Waals surface area contributed by atoms with Gasteiger partial charge in [0.05, 0.1) is 12.3 Å². The molecule has 0 atom stereocenters. The Morgan fingerprint density at radius 1 is 1.32 bits per heavy atom. The van der Waals surface area contributed by atoms with Gasteiger partial charge in [0.1, 0.15) is 10.8 Å². The maximum Gasteiger partial charge on any atom is 0.124 e. The van der Waals surface area contributed by atoms with E-state index in [1.165, 1.54) is 23.4 Å². The van der Waals surface area contributed by atoms with E-state index in [2.05, 4.69) is 12.1 Å². The number of hydrogen-bond acceptors (Lipinski definition) is 4. The van der Waals surface area contributed by atoms with Crippen LogP contribution in [-0.2, 0) is 12.8 Å². The van der Waals surface area contributed by atoms with Crippen molar-refractivity contribution in [2.24, 2.45) is 5.73 Å². The normalized spacial score (nSPS) is 13.5. The minimum Gasteiger partial charge on any atom is -0.494 e. The smallest absolute Gasteiger partial charge is 0.124 e. The number of ether oxygens (including phenoxy) is 1. The highest BCUT2D eigenvalue weighted by Gasteiger charge is 2.17. The van der Waals surface area contributed by atoms with Crippen LogP contribution < -0.4 is 10.5 Å². The molecule has 0 spiro atoms. The summed E-state index contributed by atoms with van der Waals surface area (Å²) in [6.07, 6.45) is 4.48. The molecule has 0 bridgehead atoms. The molecule has 0 fully saturated rings. The average Bonchev–Trinajstić information content (AvgIpc) is 3.00. The van der Waals surface area contributed by atoms with E-state index in [9.17, 15) is 0 Å². The maximum absolute atomic E-state index is 5.68. The maximum atomic E-state index is 5.68. The first-order valence-electron chi connectivity index (χ1n) is 6.78. The molecule has 0 radical (unpaired) electrons. The summed E-state index contributed by atoms with van der Waals surface area (Å²) in [6, 6.07) is 8.19. The summed E-state index contributed by atoms with van der Waals surface area (Å²) in [6.45, 7) is 1.34. The minimum atomic E-state index is 0.666. The molecule has 0 amide bonds. The van der Waals surface area contributed by atoms with Crippen molar-refractivity contribution in [2.45, 2.75) is 25.7 Å². The van der Waals surface area contributed by atoms with Crippen LogP contribution in [0, 0.1) is 0 Å². The van der Waals surface area contributed by atoms with E-state index < -0.39 is 0 Å². The van der Waals surface area contributed by atoms with Crippen molar-refractivity contribution >= 4 is 11.3 Å². The Labute approximate surface area is 117 Å². The number of hydrogen-bond donors (Lipinski definition) is 1. The molecule has 0 saturated carbocycles. The number of rotatable bonds is 5. The van der Waals surface area contributed by atoms with Gasteiger partial charge in [-0.2, -0.15) is 0 Å². The zero-order chi connectivity index (χ0) is 13.1. The van der Waals surface area contributed by atoms with Crippen LogP contribution in [0.4, 0.5) is 0 Å². The van der Waals surface area contributed by atoms with Crippen molar-refractivity contribution in [3.63, 3.8) is 0 Å². The highest BCUT2D eigenvalue weighted by atomic mass is 32.1. The van der Waals surface area contributed by atoms with E-state index in [1.807, 2.05) is 23.5 Å². The predicted octanol–water partition coefficient (Wildman–Crippen LogP) is 3.03. The Hall–Kier alpha value is -1.39. The van der Waals surface area contributed by atoms with Crippen LogP contribution >= 0.6 is 11.3 Å². The monoisotopic (exact) mass is 274 g/mol. The topological polar surface area (TPSA) is 48.1 Å². The molecule has 1 aromatic heterocycles. The first kappa shape index (κ1) is 12.6. The number of nitrogens with zero attached hydrogens (tertiary/aromatic N) is 1. The van der Waals surface area contributed by atoms with Crippen molar-refractivity contribution in [1.82, 2.24) is 4.98 Å². The molecule has 3 nitrogen and oxygen atoms in total. The molecule has 0 saturated heterocycles. The summed E-state index contributed by atoms with van der Waals surface area (Å²) in [4.78, 5) is 6.20. The molecular formula is C15H18N2OS. The second-order valence-corrected chi connectivity index (χ2v) is 5.84. The van der Waals surface area contributed by atoms with Gasteiger partial charge in [0.2, 0.25) is 0 Å². The van der Waals surface area contributed by atoms with Crippen LogP contribution in [0.25, 0.3) is 10.6 Å². The van der Waals surface area contributed by atoms with Crippen molar-refractivity contribution in [3.8, 4) is 16.3 Å². The standard InChI is InChI=1S/C15H18N2OS/c16-8-3-9-18-12-5-1-4-11(10-12)15-17-13-6-2-7-14(13)19-15/h1,4-5,10H,2-3,6-9,16H2. The minimum absolute atomic E-state index is 0.666. The van der Waals surface area contributed by atoms with Gasteiger partial charge >= 0.3 is 0 Å². The molecule has 2 aromatic rings. The van der Waals surface area contributed by atoms with Gasteiger partial charge in [-0.05, 0) is 44.4 Å². The SMILES string of the molecule is NCCCOc1cccc(-c2nc3c(s2)CCC3)c1. The fourth-order valence-corrected chi connectivity index (χ4v) is 3.45. The van der Waals surface area contributed by atoms with E-state index in [0.29, 0.717) is 13.2 Å². The molecule has 0 aliphatic heterocycles. The van der Waals surface area contributed by atoms with Crippen LogP contribution in [0.15, 0.2) is 24.3 Å². The molecular weight excluding hydrogens is 256 g/mol. The fraction of sp³-hybridized carbons (Fsp3) is 0.400. The fourth-order valence-electron chi connectivity index (χ4n) is 2.31. The summed E-state index contributed by atoms with van der Waals surface area (Å²) in [5.41, 5.74) is 7.92. The molecule has 1 aromatic carbocycles. The summed E-state index contributed by atoms with van der Waals surface area (Å²) in [5.74, 6) is 0.904. The lowest BCUT2D eigenvalue weighted by Gasteiger charge is -2.06. The predicted molar refractivity (Wildman–Crippen MR) is 78.7 cm³/mol. The third-order valence-corrected chi connectivity index (χ3v) is 4.50. The quantitative estimate of drug-likeness (QED) is 0.853. The van der Waals surface area contributed by atoms with Gasteiger partial charge in [-0.15, -0.1) is 11.3 Å². The lowest BCUT2D eigenvalue weighted by Crippen LogP contribution is -2.05. The van der Waals surface area contributed by atoms with Crippen LogP contribution in [0.3, 0.4) is 0 Å². The number of nitrogens with two attached hydrogens (primary N) is 1. The first-order valence-corrected chi connectivity index (χ1v) is 7.60. The van der Waals surface area contributed by atoms with Gasteiger partial charge in [0.15, 0.2) is 0 Å². The largest absolute Gasteiger partial charge is 0.494 e. The van der Waals surface area contributed by atoms with Crippen molar-refractivity contribution < 1.29 is 4.74 Å². The second-order valence-electron chi connectivity index (χ2n) is 4.76. The van der Waals surface area contributed by atoms with E-state index >= 15 is 0 Å². The number of aryl methyl sites for hydroxylation is 2. The Kier molecular flexibility index (Phi) is 3.80. The van der Waals surface area contributed by atoms with E-state index in [-0.39, 0.29) is 0 Å². The summed E-state index contributed by atoms with van der Waals surface area (Å²) >= 11 is 1.83. The van der Waals surface area contributed by atoms with Crippen molar-refractivity contribution in [3.05, 3.63) is 34.8 Å². The Bertz CT molecular complexity index is 544. The van der Waals surface area contributed by atoms with Crippen LogP contribution in [0.1, 0.15) is 23.4 Å². The lowest BCUT2D eigenvalue weighted by molar-refractivity contribution is 0.313. The van der Waals surface area contributed by atoms with E-state index in [1.54, 1.807) is 0 Å². The molecule has 1 aliphatic carbocycles. The summed E-state index contributed by atoms with van der Waals surface area (Å²) < 4.78 is 5.68. The second kappa shape index (κ2) is 5.72. The third-order valence-electron chi connectivity index (χ3n) is 3.29. The highest BCUT2D eigenvalue weighted by molar-refractivity contribution is 7.15. The summed E-state index contributed by atoms with van der Waals surface area (Å²) in [7, 11) is 0.